The predicted octanol–water partition coefficient (Wildman–Crippen LogP) is 5.06. The van der Waals surface area contributed by atoms with Crippen LogP contribution in [-0.4, -0.2) is 0 Å². The first-order chi connectivity index (χ1) is 8.43. The standard InChI is InChI=1S/C18H26/c1-7-10-14(8-2)17-13-16(18(4,5)6)12-11-15(17)9-3/h1,11-14H,8-10H2,2-6H3. The largest absolute Gasteiger partial charge is 0.120 e. The fourth-order valence-corrected chi connectivity index (χ4v) is 2.38. The SMILES string of the molecule is C#CCC(CC)c1cc(C(C)(C)C)ccc1CC. The van der Waals surface area contributed by atoms with Crippen molar-refractivity contribution >= 4 is 0 Å². The first kappa shape index (κ1) is 14.8. The Morgan fingerprint density at radius 1 is 1.22 bits per heavy atom. The fourth-order valence-electron chi connectivity index (χ4n) is 2.38. The van der Waals surface area contributed by atoms with Gasteiger partial charge in [0.25, 0.3) is 0 Å². The Kier molecular flexibility index (Phi) is 5.03. The second-order valence-electron chi connectivity index (χ2n) is 6.03. The molecule has 0 amide bonds. The highest BCUT2D eigenvalue weighted by Gasteiger charge is 2.18. The van der Waals surface area contributed by atoms with Gasteiger partial charge in [0.1, 0.15) is 0 Å². The molecule has 1 atom stereocenters. The van der Waals surface area contributed by atoms with Crippen LogP contribution in [0.2, 0.25) is 0 Å². The van der Waals surface area contributed by atoms with Crippen LogP contribution in [0.3, 0.4) is 0 Å². The third-order valence-corrected chi connectivity index (χ3v) is 3.69. The zero-order valence-electron chi connectivity index (χ0n) is 12.5. The van der Waals surface area contributed by atoms with E-state index in [0.29, 0.717) is 5.92 Å². The number of rotatable bonds is 4. The van der Waals surface area contributed by atoms with Gasteiger partial charge >= 0.3 is 0 Å². The third kappa shape index (κ3) is 3.39. The van der Waals surface area contributed by atoms with Crippen molar-refractivity contribution in [1.29, 1.82) is 0 Å². The van der Waals surface area contributed by atoms with E-state index in [1.807, 2.05) is 0 Å². The van der Waals surface area contributed by atoms with Crippen molar-refractivity contribution in [2.75, 3.05) is 0 Å². The van der Waals surface area contributed by atoms with Gasteiger partial charge in [-0.05, 0) is 40.9 Å². The second kappa shape index (κ2) is 6.10. The van der Waals surface area contributed by atoms with Gasteiger partial charge in [-0.1, -0.05) is 52.8 Å². The van der Waals surface area contributed by atoms with Crippen LogP contribution in [-0.2, 0) is 11.8 Å². The van der Waals surface area contributed by atoms with Crippen LogP contribution >= 0.6 is 0 Å². The van der Waals surface area contributed by atoms with E-state index in [0.717, 1.165) is 19.3 Å². The first-order valence-electron chi connectivity index (χ1n) is 7.00. The van der Waals surface area contributed by atoms with Gasteiger partial charge in [-0.25, -0.2) is 0 Å². The van der Waals surface area contributed by atoms with Crippen molar-refractivity contribution in [2.45, 2.75) is 65.2 Å². The zero-order chi connectivity index (χ0) is 13.8. The van der Waals surface area contributed by atoms with Crippen molar-refractivity contribution in [3.63, 3.8) is 0 Å². The van der Waals surface area contributed by atoms with Crippen LogP contribution in [0.4, 0.5) is 0 Å². The lowest BCUT2D eigenvalue weighted by molar-refractivity contribution is 0.585. The summed E-state index contributed by atoms with van der Waals surface area (Å²) < 4.78 is 0. The summed E-state index contributed by atoms with van der Waals surface area (Å²) in [5, 5.41) is 0. The van der Waals surface area contributed by atoms with Crippen molar-refractivity contribution in [2.24, 2.45) is 0 Å². The van der Waals surface area contributed by atoms with Crippen LogP contribution in [0.1, 0.15) is 70.1 Å². The summed E-state index contributed by atoms with van der Waals surface area (Å²) in [5.74, 6) is 3.33. The van der Waals surface area contributed by atoms with Gasteiger partial charge in [0, 0.05) is 6.42 Å². The molecule has 0 radical (unpaired) electrons. The molecule has 0 heteroatoms. The van der Waals surface area contributed by atoms with Gasteiger partial charge in [-0.2, -0.15) is 0 Å². The van der Waals surface area contributed by atoms with Crippen LogP contribution in [0.5, 0.6) is 0 Å². The molecule has 0 heterocycles. The molecule has 0 aliphatic heterocycles. The summed E-state index contributed by atoms with van der Waals surface area (Å²) in [4.78, 5) is 0. The molecule has 0 bridgehead atoms. The van der Waals surface area contributed by atoms with E-state index < -0.39 is 0 Å². The summed E-state index contributed by atoms with van der Waals surface area (Å²) >= 11 is 0. The molecule has 1 aromatic rings. The molecule has 0 N–H and O–H groups in total. The van der Waals surface area contributed by atoms with E-state index in [-0.39, 0.29) is 5.41 Å². The summed E-state index contributed by atoms with van der Waals surface area (Å²) in [5.41, 5.74) is 4.52. The highest BCUT2D eigenvalue weighted by molar-refractivity contribution is 5.38. The lowest BCUT2D eigenvalue weighted by Crippen LogP contribution is -2.13. The Bertz CT molecular complexity index is 426. The molecule has 18 heavy (non-hydrogen) atoms. The molecule has 1 unspecified atom stereocenters. The second-order valence-corrected chi connectivity index (χ2v) is 6.03. The summed E-state index contributed by atoms with van der Waals surface area (Å²) in [7, 11) is 0. The first-order valence-corrected chi connectivity index (χ1v) is 7.00. The third-order valence-electron chi connectivity index (χ3n) is 3.69. The lowest BCUT2D eigenvalue weighted by Gasteiger charge is -2.24. The van der Waals surface area contributed by atoms with Crippen LogP contribution in [0.15, 0.2) is 18.2 Å². The highest BCUT2D eigenvalue weighted by atomic mass is 14.2. The molecule has 0 aromatic heterocycles. The molecule has 0 saturated heterocycles. The van der Waals surface area contributed by atoms with E-state index in [4.69, 9.17) is 6.42 Å². The smallest absolute Gasteiger partial charge is 0.0155 e. The predicted molar refractivity (Wildman–Crippen MR) is 81.0 cm³/mol. The average molecular weight is 242 g/mol. The van der Waals surface area contributed by atoms with Crippen molar-refractivity contribution < 1.29 is 0 Å². The molecule has 0 aliphatic rings. The van der Waals surface area contributed by atoms with Crippen molar-refractivity contribution in [3.8, 4) is 12.3 Å². The number of benzene rings is 1. The Morgan fingerprint density at radius 3 is 2.33 bits per heavy atom. The van der Waals surface area contributed by atoms with Crippen molar-refractivity contribution in [1.82, 2.24) is 0 Å². The molecular weight excluding hydrogens is 216 g/mol. The number of hydrogen-bond acceptors (Lipinski definition) is 0. The number of terminal acetylenes is 1. The zero-order valence-corrected chi connectivity index (χ0v) is 12.5. The van der Waals surface area contributed by atoms with Gasteiger partial charge in [-0.15, -0.1) is 12.3 Å². The van der Waals surface area contributed by atoms with Gasteiger partial charge in [0.05, 0.1) is 0 Å². The number of hydrogen-bond donors (Lipinski definition) is 0. The van der Waals surface area contributed by atoms with Gasteiger partial charge in [0.15, 0.2) is 0 Å². The maximum absolute atomic E-state index is 5.51. The van der Waals surface area contributed by atoms with Gasteiger partial charge < -0.3 is 0 Å². The summed E-state index contributed by atoms with van der Waals surface area (Å²) in [6, 6.07) is 6.93. The minimum atomic E-state index is 0.204. The van der Waals surface area contributed by atoms with Crippen LogP contribution in [0.25, 0.3) is 0 Å². The van der Waals surface area contributed by atoms with Crippen molar-refractivity contribution in [3.05, 3.63) is 34.9 Å². The van der Waals surface area contributed by atoms with E-state index >= 15 is 0 Å². The van der Waals surface area contributed by atoms with E-state index in [1.54, 1.807) is 0 Å². The summed E-state index contributed by atoms with van der Waals surface area (Å²) in [6.45, 7) is 11.2. The van der Waals surface area contributed by atoms with E-state index in [1.165, 1.54) is 16.7 Å². The molecule has 98 valence electrons. The monoisotopic (exact) mass is 242 g/mol. The maximum Gasteiger partial charge on any atom is 0.0155 e. The van der Waals surface area contributed by atoms with E-state index in [9.17, 15) is 0 Å². The highest BCUT2D eigenvalue weighted by Crippen LogP contribution is 2.31. The lowest BCUT2D eigenvalue weighted by atomic mass is 9.81. The Hall–Kier alpha value is -1.22. The molecule has 0 saturated carbocycles. The quantitative estimate of drug-likeness (QED) is 0.647. The minimum Gasteiger partial charge on any atom is -0.120 e. The minimum absolute atomic E-state index is 0.204. The normalized spacial score (nSPS) is 13.1. The Labute approximate surface area is 113 Å². The molecular formula is C18H26. The van der Waals surface area contributed by atoms with Gasteiger partial charge in [-0.3, -0.25) is 0 Å². The topological polar surface area (TPSA) is 0 Å². The number of aryl methyl sites for hydroxylation is 1. The Balaban J connectivity index is 3.25. The molecule has 0 spiro atoms. The molecule has 1 aromatic carbocycles. The van der Waals surface area contributed by atoms with Gasteiger partial charge in [0.2, 0.25) is 0 Å². The van der Waals surface area contributed by atoms with Crippen LogP contribution < -0.4 is 0 Å². The maximum atomic E-state index is 5.51. The Morgan fingerprint density at radius 2 is 1.89 bits per heavy atom. The molecule has 0 fully saturated rings. The van der Waals surface area contributed by atoms with Crippen LogP contribution in [0, 0.1) is 12.3 Å². The average Bonchev–Trinajstić information content (AvgIpc) is 2.34. The molecule has 0 nitrogen and oxygen atoms in total. The molecule has 1 rings (SSSR count). The van der Waals surface area contributed by atoms with E-state index in [2.05, 4.69) is 58.7 Å². The molecule has 0 aliphatic carbocycles. The summed E-state index contributed by atoms with van der Waals surface area (Å²) in [6.07, 6.45) is 8.55. The fraction of sp³-hybridized carbons (Fsp3) is 0.556.